The molecule has 0 unspecified atom stereocenters. The molecule has 0 heterocycles. The number of benzene rings is 3. The van der Waals surface area contributed by atoms with E-state index in [9.17, 15) is 9.59 Å². The highest BCUT2D eigenvalue weighted by Crippen LogP contribution is 2.19. The lowest BCUT2D eigenvalue weighted by Gasteiger charge is -2.09. The topological polar surface area (TPSA) is 87.7 Å². The zero-order valence-corrected chi connectivity index (χ0v) is 13.2. The molecule has 0 aliphatic heterocycles. The Hall–Kier alpha value is -3.38. The van der Waals surface area contributed by atoms with Crippen molar-refractivity contribution < 1.29 is 19.5 Å². The summed E-state index contributed by atoms with van der Waals surface area (Å²) in [5.74, 6) is -0.620. The molecule has 0 saturated carbocycles. The van der Waals surface area contributed by atoms with Crippen molar-refractivity contribution in [3.05, 3.63) is 77.9 Å². The molecule has 3 aromatic carbocycles. The third-order valence-corrected chi connectivity index (χ3v) is 3.73. The summed E-state index contributed by atoms with van der Waals surface area (Å²) < 4.78 is 5.27. The van der Waals surface area contributed by atoms with Gasteiger partial charge in [-0.1, -0.05) is 42.5 Å². The largest absolute Gasteiger partial charge is 0.444 e. The standard InChI is InChI=1S/C19H16N2O4/c22-18(21-24)14-8-10-16(11-9-14)20-19(23)25-12-15-6-3-5-13-4-1-2-7-17(13)15/h1-11,24H,12H2,(H,20,23)(H,21,22). The second-order valence-corrected chi connectivity index (χ2v) is 5.36. The number of carbonyl (C=O) groups excluding carboxylic acids is 2. The lowest BCUT2D eigenvalue weighted by molar-refractivity contribution is 0.0706. The predicted molar refractivity (Wildman–Crippen MR) is 93.5 cm³/mol. The van der Waals surface area contributed by atoms with Crippen LogP contribution in [0, 0.1) is 0 Å². The van der Waals surface area contributed by atoms with Gasteiger partial charge in [0.2, 0.25) is 0 Å². The Morgan fingerprint density at radius 2 is 1.64 bits per heavy atom. The molecule has 6 heteroatoms. The van der Waals surface area contributed by atoms with E-state index in [1.54, 1.807) is 17.6 Å². The molecular formula is C19H16N2O4. The van der Waals surface area contributed by atoms with Crippen LogP contribution in [0.3, 0.4) is 0 Å². The molecule has 0 fully saturated rings. The molecule has 2 amide bonds. The summed E-state index contributed by atoms with van der Waals surface area (Å²) in [5.41, 5.74) is 3.22. The Balaban J connectivity index is 1.62. The molecule has 0 radical (unpaired) electrons. The van der Waals surface area contributed by atoms with E-state index in [4.69, 9.17) is 9.94 Å². The SMILES string of the molecule is O=C(Nc1ccc(C(=O)NO)cc1)OCc1cccc2ccccc12. The van der Waals surface area contributed by atoms with Crippen LogP contribution < -0.4 is 10.8 Å². The zero-order chi connectivity index (χ0) is 17.6. The van der Waals surface area contributed by atoms with Crippen molar-refractivity contribution in [1.29, 1.82) is 0 Å². The minimum atomic E-state index is -0.620. The summed E-state index contributed by atoms with van der Waals surface area (Å²) in [5, 5.41) is 13.3. The maximum Gasteiger partial charge on any atom is 0.411 e. The van der Waals surface area contributed by atoms with E-state index >= 15 is 0 Å². The monoisotopic (exact) mass is 336 g/mol. The average molecular weight is 336 g/mol. The van der Waals surface area contributed by atoms with E-state index in [1.165, 1.54) is 12.1 Å². The Labute approximate surface area is 144 Å². The Morgan fingerprint density at radius 1 is 0.920 bits per heavy atom. The van der Waals surface area contributed by atoms with Crippen molar-refractivity contribution in [2.45, 2.75) is 6.61 Å². The summed E-state index contributed by atoms with van der Waals surface area (Å²) in [4.78, 5) is 23.2. The van der Waals surface area contributed by atoms with Crippen molar-refractivity contribution in [3.8, 4) is 0 Å². The molecule has 3 N–H and O–H groups in total. The van der Waals surface area contributed by atoms with Crippen molar-refractivity contribution in [3.63, 3.8) is 0 Å². The first-order valence-corrected chi connectivity index (χ1v) is 7.62. The molecule has 0 aliphatic rings. The predicted octanol–water partition coefficient (Wildman–Crippen LogP) is 3.71. The summed E-state index contributed by atoms with van der Waals surface area (Å²) in [6.45, 7) is 0.151. The van der Waals surface area contributed by atoms with Gasteiger partial charge in [-0.05, 0) is 40.6 Å². The fourth-order valence-corrected chi connectivity index (χ4v) is 2.49. The van der Waals surface area contributed by atoms with E-state index in [-0.39, 0.29) is 12.2 Å². The summed E-state index contributed by atoms with van der Waals surface area (Å²) in [6, 6.07) is 19.8. The number of carbonyl (C=O) groups is 2. The van der Waals surface area contributed by atoms with Crippen LogP contribution >= 0.6 is 0 Å². The van der Waals surface area contributed by atoms with E-state index in [0.29, 0.717) is 5.69 Å². The van der Waals surface area contributed by atoms with Crippen LogP contribution in [0.2, 0.25) is 0 Å². The summed E-state index contributed by atoms with van der Waals surface area (Å²) in [7, 11) is 0. The van der Waals surface area contributed by atoms with Crippen molar-refractivity contribution in [2.75, 3.05) is 5.32 Å². The smallest absolute Gasteiger partial charge is 0.411 e. The number of rotatable bonds is 4. The lowest BCUT2D eigenvalue weighted by Crippen LogP contribution is -2.18. The van der Waals surface area contributed by atoms with Gasteiger partial charge in [0, 0.05) is 11.3 Å². The first kappa shape index (κ1) is 16.5. The molecule has 0 spiro atoms. The molecule has 6 nitrogen and oxygen atoms in total. The number of amides is 2. The maximum atomic E-state index is 11.9. The van der Waals surface area contributed by atoms with Gasteiger partial charge in [-0.3, -0.25) is 15.3 Å². The van der Waals surface area contributed by atoms with E-state index < -0.39 is 12.0 Å². The van der Waals surface area contributed by atoms with Crippen LogP contribution in [0.15, 0.2) is 66.7 Å². The lowest BCUT2D eigenvalue weighted by atomic mass is 10.1. The number of anilines is 1. The van der Waals surface area contributed by atoms with Gasteiger partial charge in [-0.25, -0.2) is 10.3 Å². The quantitative estimate of drug-likeness (QED) is 0.501. The maximum absolute atomic E-state index is 11.9. The van der Waals surface area contributed by atoms with Gasteiger partial charge in [0.05, 0.1) is 0 Å². The Kier molecular flexibility index (Phi) is 4.92. The van der Waals surface area contributed by atoms with Gasteiger partial charge in [-0.15, -0.1) is 0 Å². The van der Waals surface area contributed by atoms with Gasteiger partial charge < -0.3 is 4.74 Å². The second kappa shape index (κ2) is 7.46. The number of hydrogen-bond acceptors (Lipinski definition) is 4. The molecule has 3 aromatic rings. The fraction of sp³-hybridized carbons (Fsp3) is 0.0526. The van der Waals surface area contributed by atoms with Crippen LogP contribution in [0.25, 0.3) is 10.8 Å². The van der Waals surface area contributed by atoms with Crippen molar-refractivity contribution in [1.82, 2.24) is 5.48 Å². The number of nitrogens with one attached hydrogen (secondary N) is 2. The molecule has 126 valence electrons. The number of fused-ring (bicyclic) bond motifs is 1. The van der Waals surface area contributed by atoms with Gasteiger partial charge >= 0.3 is 6.09 Å². The third kappa shape index (κ3) is 3.94. The second-order valence-electron chi connectivity index (χ2n) is 5.36. The molecule has 25 heavy (non-hydrogen) atoms. The van der Waals surface area contributed by atoms with Crippen LogP contribution in [-0.2, 0) is 11.3 Å². The minimum absolute atomic E-state index is 0.151. The van der Waals surface area contributed by atoms with Gasteiger partial charge in [0.15, 0.2) is 0 Å². The minimum Gasteiger partial charge on any atom is -0.444 e. The van der Waals surface area contributed by atoms with Gasteiger partial charge in [0.25, 0.3) is 5.91 Å². The highest BCUT2D eigenvalue weighted by Gasteiger charge is 2.08. The highest BCUT2D eigenvalue weighted by atomic mass is 16.5. The van der Waals surface area contributed by atoms with E-state index in [1.807, 2.05) is 42.5 Å². The zero-order valence-electron chi connectivity index (χ0n) is 13.2. The first-order chi connectivity index (χ1) is 12.2. The van der Waals surface area contributed by atoms with Crippen LogP contribution in [0.1, 0.15) is 15.9 Å². The average Bonchev–Trinajstić information content (AvgIpc) is 2.66. The third-order valence-electron chi connectivity index (χ3n) is 3.73. The highest BCUT2D eigenvalue weighted by molar-refractivity contribution is 5.94. The van der Waals surface area contributed by atoms with Gasteiger partial charge in [-0.2, -0.15) is 0 Å². The van der Waals surface area contributed by atoms with Crippen LogP contribution in [0.5, 0.6) is 0 Å². The summed E-state index contributed by atoms with van der Waals surface area (Å²) in [6.07, 6.45) is -0.590. The van der Waals surface area contributed by atoms with Crippen molar-refractivity contribution in [2.24, 2.45) is 0 Å². The molecule has 0 atom stereocenters. The van der Waals surface area contributed by atoms with Gasteiger partial charge in [0.1, 0.15) is 6.61 Å². The van der Waals surface area contributed by atoms with E-state index in [0.717, 1.165) is 16.3 Å². The molecular weight excluding hydrogens is 320 g/mol. The van der Waals surface area contributed by atoms with Crippen LogP contribution in [-0.4, -0.2) is 17.2 Å². The molecule has 0 aromatic heterocycles. The normalized spacial score (nSPS) is 10.3. The Morgan fingerprint density at radius 3 is 2.40 bits per heavy atom. The number of ether oxygens (including phenoxy) is 1. The van der Waals surface area contributed by atoms with Crippen LogP contribution in [0.4, 0.5) is 10.5 Å². The van der Waals surface area contributed by atoms with E-state index in [2.05, 4.69) is 5.32 Å². The molecule has 3 rings (SSSR count). The number of hydroxylamine groups is 1. The molecule has 0 saturated heterocycles. The van der Waals surface area contributed by atoms with Crippen molar-refractivity contribution >= 4 is 28.5 Å². The fourth-order valence-electron chi connectivity index (χ4n) is 2.49. The Bertz CT molecular complexity index is 901. The molecule has 0 bridgehead atoms. The first-order valence-electron chi connectivity index (χ1n) is 7.62. The number of hydrogen-bond donors (Lipinski definition) is 3. The summed E-state index contributed by atoms with van der Waals surface area (Å²) >= 11 is 0. The molecule has 0 aliphatic carbocycles.